The van der Waals surface area contributed by atoms with Crippen LogP contribution in [0.15, 0.2) is 12.2 Å². The largest absolute Gasteiger partial charge is 0.463 e. The molecule has 1 heterocycles. The van der Waals surface area contributed by atoms with Crippen molar-refractivity contribution in [3.05, 3.63) is 12.2 Å². The van der Waals surface area contributed by atoms with E-state index in [1.165, 1.54) is 26.2 Å². The molecule has 5 aliphatic carbocycles. The number of carbonyl (C=O) groups excluding carboxylic acids is 1. The Labute approximate surface area is 326 Å². The van der Waals surface area contributed by atoms with Gasteiger partial charge >= 0.3 is 5.97 Å². The summed E-state index contributed by atoms with van der Waals surface area (Å²) in [4.78, 5) is 11.8. The van der Waals surface area contributed by atoms with Crippen LogP contribution in [-0.4, -0.2) is 87.1 Å². The summed E-state index contributed by atoms with van der Waals surface area (Å²) in [5.74, 6) is 1.67. The third-order valence-electron chi connectivity index (χ3n) is 18.4. The zero-order valence-electron chi connectivity index (χ0n) is 34.9. The smallest absolute Gasteiger partial charge is 0.302 e. The van der Waals surface area contributed by atoms with E-state index >= 15 is 0 Å². The summed E-state index contributed by atoms with van der Waals surface area (Å²) in [6.45, 7) is 21.4. The molecule has 6 aliphatic rings. The minimum Gasteiger partial charge on any atom is -0.463 e. The first-order valence-corrected chi connectivity index (χ1v) is 22.1. The maximum Gasteiger partial charge on any atom is 0.302 e. The van der Waals surface area contributed by atoms with Gasteiger partial charge in [0.1, 0.15) is 37.1 Å². The van der Waals surface area contributed by atoms with Gasteiger partial charge in [0.2, 0.25) is 0 Å². The number of carbonyl (C=O) groups is 1. The third-order valence-corrected chi connectivity index (χ3v) is 18.4. The summed E-state index contributed by atoms with van der Waals surface area (Å²) in [5, 5.41) is 55.8. The molecule has 6 rings (SSSR count). The molecule has 0 aromatic heterocycles. The zero-order chi connectivity index (χ0) is 39.6. The molecule has 0 radical (unpaired) electrons. The summed E-state index contributed by atoms with van der Waals surface area (Å²) in [6, 6.07) is 0. The van der Waals surface area contributed by atoms with Crippen LogP contribution in [0.25, 0.3) is 0 Å². The van der Waals surface area contributed by atoms with Crippen molar-refractivity contribution >= 4 is 5.97 Å². The maximum atomic E-state index is 11.8. The minimum atomic E-state index is -1.51. The Bertz CT molecular complexity index is 1350. The average molecular weight is 761 g/mol. The highest BCUT2D eigenvalue weighted by molar-refractivity contribution is 5.65. The van der Waals surface area contributed by atoms with E-state index in [4.69, 9.17) is 14.2 Å². The Hall–Kier alpha value is -1.07. The first-order valence-electron chi connectivity index (χ1n) is 22.1. The lowest BCUT2D eigenvalue weighted by Crippen LogP contribution is -2.69. The van der Waals surface area contributed by atoms with Gasteiger partial charge in [0.15, 0.2) is 6.29 Å². The van der Waals surface area contributed by atoms with Crippen LogP contribution in [0.1, 0.15) is 152 Å². The van der Waals surface area contributed by atoms with Crippen LogP contribution in [0.5, 0.6) is 0 Å². The summed E-state index contributed by atoms with van der Waals surface area (Å²) < 4.78 is 18.9. The van der Waals surface area contributed by atoms with E-state index < -0.39 is 48.9 Å². The minimum absolute atomic E-state index is 0.0448. The van der Waals surface area contributed by atoms with Gasteiger partial charge in [0.25, 0.3) is 0 Å². The molecule has 310 valence electrons. The van der Waals surface area contributed by atoms with E-state index in [1.807, 2.05) is 6.92 Å². The standard InChI is InChI=1S/C45H76O9/c1-10-26(7)36(48)31(47)22-29(11-2)30-17-21-44-25-43(30,44)20-18-33-42(14-5)19-16-27(8)41(12-3,13-4)34(42)23-35(45(33,44)15-6)54-40-39(51)38(50)37(49)32(53-40)24-52-28(9)46/h27,29-40,47-51H,7,10-25H2,1-6,8-9H3/t27-,29-,30-,31+,32+,33-,34-,35-,36+,37-,38-,39+,40+,42+,43-,44+,45+/m0/s1. The van der Waals surface area contributed by atoms with Crippen LogP contribution in [0, 0.1) is 56.7 Å². The van der Waals surface area contributed by atoms with Crippen LogP contribution in [0.3, 0.4) is 0 Å². The van der Waals surface area contributed by atoms with E-state index in [-0.39, 0.29) is 45.7 Å². The second-order valence-electron chi connectivity index (χ2n) is 19.2. The number of esters is 1. The summed E-state index contributed by atoms with van der Waals surface area (Å²) in [7, 11) is 0. The van der Waals surface area contributed by atoms with Crippen LogP contribution in [0.2, 0.25) is 0 Å². The summed E-state index contributed by atoms with van der Waals surface area (Å²) in [5.41, 5.74) is 0.999. The number of fused-ring (bicyclic) bond motifs is 3. The first kappa shape index (κ1) is 42.5. The molecule has 17 atom stereocenters. The van der Waals surface area contributed by atoms with E-state index in [0.717, 1.165) is 64.2 Å². The highest BCUT2D eigenvalue weighted by atomic mass is 16.7. The number of rotatable bonds is 15. The Morgan fingerprint density at radius 2 is 1.59 bits per heavy atom. The number of ether oxygens (including phenoxy) is 3. The van der Waals surface area contributed by atoms with Crippen molar-refractivity contribution in [3.63, 3.8) is 0 Å². The lowest BCUT2D eigenvalue weighted by molar-refractivity contribution is -0.348. The number of hydrogen-bond acceptors (Lipinski definition) is 9. The quantitative estimate of drug-likeness (QED) is 0.0671. The zero-order valence-corrected chi connectivity index (χ0v) is 34.9. The summed E-state index contributed by atoms with van der Waals surface area (Å²) >= 11 is 0. The van der Waals surface area contributed by atoms with Gasteiger partial charge in [0.05, 0.1) is 12.2 Å². The lowest BCUT2D eigenvalue weighted by atomic mass is 9.34. The van der Waals surface area contributed by atoms with Crippen molar-refractivity contribution in [2.24, 2.45) is 56.7 Å². The van der Waals surface area contributed by atoms with Gasteiger partial charge in [-0.15, -0.1) is 0 Å². The van der Waals surface area contributed by atoms with E-state index in [2.05, 4.69) is 48.1 Å². The summed E-state index contributed by atoms with van der Waals surface area (Å²) in [6.07, 6.45) is 6.91. The average Bonchev–Trinajstić information content (AvgIpc) is 3.75. The molecule has 0 spiro atoms. The van der Waals surface area contributed by atoms with Crippen LogP contribution < -0.4 is 0 Å². The molecule has 0 unspecified atom stereocenters. The Morgan fingerprint density at radius 3 is 2.19 bits per heavy atom. The SMILES string of the molecule is C=C(CC)[C@@H](O)[C@H](O)C[C@H](CC)[C@@H]1CC[C@@]23C[C@@]12CC[C@H]1[C@@]2(CC)CC[C@H](C)C(CC)(CC)[C@@H]2C[C@H](O[C@H]2O[C@H](COC(C)=O)[C@H](O)[C@H](O)[C@H]2O)[C@@]13CC. The van der Waals surface area contributed by atoms with Crippen molar-refractivity contribution in [3.8, 4) is 0 Å². The number of aliphatic hydroxyl groups is 5. The molecule has 1 aliphatic heterocycles. The van der Waals surface area contributed by atoms with Crippen molar-refractivity contribution in [1.29, 1.82) is 0 Å². The molecule has 5 saturated carbocycles. The Morgan fingerprint density at radius 1 is 0.889 bits per heavy atom. The Balaban J connectivity index is 1.43. The number of aliphatic hydroxyl groups excluding tert-OH is 5. The van der Waals surface area contributed by atoms with Crippen LogP contribution in [0.4, 0.5) is 0 Å². The Kier molecular flexibility index (Phi) is 12.3. The predicted molar refractivity (Wildman–Crippen MR) is 208 cm³/mol. The molecular weight excluding hydrogens is 684 g/mol. The molecule has 9 nitrogen and oxygen atoms in total. The van der Waals surface area contributed by atoms with Crippen molar-refractivity contribution in [1.82, 2.24) is 0 Å². The van der Waals surface area contributed by atoms with Crippen LogP contribution in [-0.2, 0) is 19.0 Å². The van der Waals surface area contributed by atoms with Gasteiger partial charge in [-0.05, 0) is 147 Å². The van der Waals surface area contributed by atoms with Gasteiger partial charge in [-0.2, -0.15) is 0 Å². The molecule has 5 N–H and O–H groups in total. The van der Waals surface area contributed by atoms with Gasteiger partial charge in [-0.3, -0.25) is 4.79 Å². The molecule has 6 fully saturated rings. The van der Waals surface area contributed by atoms with Gasteiger partial charge in [-0.25, -0.2) is 0 Å². The molecule has 9 heteroatoms. The second-order valence-corrected chi connectivity index (χ2v) is 19.2. The predicted octanol–water partition coefficient (Wildman–Crippen LogP) is 7.09. The lowest BCUT2D eigenvalue weighted by Gasteiger charge is -2.72. The molecule has 0 aromatic carbocycles. The van der Waals surface area contributed by atoms with E-state index in [1.54, 1.807) is 0 Å². The van der Waals surface area contributed by atoms with Gasteiger partial charge in [0, 0.05) is 12.3 Å². The van der Waals surface area contributed by atoms with Gasteiger partial charge < -0.3 is 39.7 Å². The molecule has 1 saturated heterocycles. The fraction of sp³-hybridized carbons (Fsp3) is 0.933. The topological polar surface area (TPSA) is 146 Å². The van der Waals surface area contributed by atoms with Crippen molar-refractivity contribution in [2.45, 2.75) is 201 Å². The number of hydrogen-bond donors (Lipinski definition) is 5. The second kappa shape index (κ2) is 15.6. The van der Waals surface area contributed by atoms with E-state index in [9.17, 15) is 30.3 Å². The molecule has 0 bridgehead atoms. The fourth-order valence-corrected chi connectivity index (χ4v) is 15.7. The van der Waals surface area contributed by atoms with Crippen molar-refractivity contribution < 1.29 is 44.5 Å². The molecular formula is C45H76O9. The third kappa shape index (κ3) is 5.96. The molecule has 0 aromatic rings. The van der Waals surface area contributed by atoms with Gasteiger partial charge in [-0.1, -0.05) is 61.5 Å². The molecule has 0 amide bonds. The first-order chi connectivity index (χ1) is 25.6. The highest BCUT2D eigenvalue weighted by Gasteiger charge is 2.86. The van der Waals surface area contributed by atoms with E-state index in [0.29, 0.717) is 42.1 Å². The van der Waals surface area contributed by atoms with Crippen LogP contribution >= 0.6 is 0 Å². The highest BCUT2D eigenvalue weighted by Crippen LogP contribution is 2.92. The fourth-order valence-electron chi connectivity index (χ4n) is 15.7. The monoisotopic (exact) mass is 761 g/mol. The normalized spacial score (nSPS) is 46.6. The maximum absolute atomic E-state index is 11.8. The van der Waals surface area contributed by atoms with Crippen molar-refractivity contribution in [2.75, 3.05) is 6.61 Å². The molecule has 54 heavy (non-hydrogen) atoms.